The highest BCUT2D eigenvalue weighted by Gasteiger charge is 2.44. The molecule has 1 heterocycles. The fraction of sp³-hybridized carbons (Fsp3) is 0.385. The maximum Gasteiger partial charge on any atom is 0.355 e. The number of phenols is 1. The molecule has 1 aliphatic heterocycles. The minimum atomic E-state index is -1.37. The molecule has 126 valence electrons. The molecule has 7 N–H and O–H groups in total. The number of hydrazine groups is 1. The summed E-state index contributed by atoms with van der Waals surface area (Å²) < 4.78 is 10.4. The summed E-state index contributed by atoms with van der Waals surface area (Å²) >= 11 is 0. The van der Waals surface area contributed by atoms with Crippen molar-refractivity contribution >= 4 is 12.2 Å². The second kappa shape index (κ2) is 7.35. The molecule has 0 spiro atoms. The summed E-state index contributed by atoms with van der Waals surface area (Å²) in [6.07, 6.45) is -3.71. The summed E-state index contributed by atoms with van der Waals surface area (Å²) in [7, 11) is 0. The van der Waals surface area contributed by atoms with Crippen LogP contribution in [0.25, 0.3) is 0 Å². The number of aliphatic hydroxyl groups is 3. The maximum absolute atomic E-state index is 10.9. The van der Waals surface area contributed by atoms with Crippen LogP contribution in [-0.2, 0) is 4.74 Å². The Morgan fingerprint density at radius 2 is 2.17 bits per heavy atom. The molecular weight excluding hydrogens is 310 g/mol. The van der Waals surface area contributed by atoms with Gasteiger partial charge in [0.25, 0.3) is 0 Å². The number of nitrogens with two attached hydrogens (primary N) is 1. The van der Waals surface area contributed by atoms with E-state index in [4.69, 9.17) is 20.4 Å². The molecule has 0 aromatic heterocycles. The topological polar surface area (TPSA) is 167 Å². The van der Waals surface area contributed by atoms with Gasteiger partial charge in [-0.05, 0) is 23.8 Å². The highest BCUT2D eigenvalue weighted by molar-refractivity contribution is 5.91. The van der Waals surface area contributed by atoms with Gasteiger partial charge in [-0.25, -0.2) is 15.6 Å². The number of aromatic hydroxyl groups is 1. The number of phenolic OH excluding ortho intramolecular Hbond substituents is 1. The van der Waals surface area contributed by atoms with Crippen LogP contribution in [0.15, 0.2) is 23.2 Å². The third kappa shape index (κ3) is 3.94. The average Bonchev–Trinajstić information content (AvgIpc) is 2.82. The van der Waals surface area contributed by atoms with Crippen LogP contribution in [0.4, 0.5) is 4.79 Å². The largest absolute Gasteiger partial charge is 0.504 e. The van der Waals surface area contributed by atoms with Crippen molar-refractivity contribution in [1.29, 1.82) is 0 Å². The summed E-state index contributed by atoms with van der Waals surface area (Å²) in [6, 6.07) is 3.37. The standard InChI is InChI=1S/C13H17N3O7/c14-16-13(21)15-4-6-1-2-8(7(18)3-6)22-12-11(20)10(19)9(5-17)23-12/h1-4,9-12,17-20H,5,14H2,(H,16,21)/b15-4+. The van der Waals surface area contributed by atoms with E-state index in [0.29, 0.717) is 5.56 Å². The fourth-order valence-electron chi connectivity index (χ4n) is 1.97. The molecule has 1 aliphatic rings. The van der Waals surface area contributed by atoms with E-state index in [2.05, 4.69) is 4.99 Å². The van der Waals surface area contributed by atoms with Crippen LogP contribution in [0.3, 0.4) is 0 Å². The predicted molar refractivity (Wildman–Crippen MR) is 76.8 cm³/mol. The van der Waals surface area contributed by atoms with Crippen LogP contribution >= 0.6 is 0 Å². The van der Waals surface area contributed by atoms with Crippen LogP contribution in [0.5, 0.6) is 11.5 Å². The molecule has 4 unspecified atom stereocenters. The minimum absolute atomic E-state index is 0.0136. The van der Waals surface area contributed by atoms with Gasteiger partial charge in [-0.1, -0.05) is 0 Å². The van der Waals surface area contributed by atoms with Crippen molar-refractivity contribution in [2.24, 2.45) is 10.8 Å². The van der Waals surface area contributed by atoms with Gasteiger partial charge in [-0.15, -0.1) is 0 Å². The van der Waals surface area contributed by atoms with Gasteiger partial charge in [0.05, 0.1) is 6.61 Å². The lowest BCUT2D eigenvalue weighted by Crippen LogP contribution is -2.35. The van der Waals surface area contributed by atoms with Crippen molar-refractivity contribution in [3.05, 3.63) is 23.8 Å². The molecule has 2 amide bonds. The maximum atomic E-state index is 10.9. The minimum Gasteiger partial charge on any atom is -0.504 e. The van der Waals surface area contributed by atoms with Gasteiger partial charge in [0.15, 0.2) is 11.5 Å². The first-order valence-corrected chi connectivity index (χ1v) is 6.63. The highest BCUT2D eigenvalue weighted by atomic mass is 16.7. The van der Waals surface area contributed by atoms with E-state index in [0.717, 1.165) is 0 Å². The molecular formula is C13H17N3O7. The van der Waals surface area contributed by atoms with E-state index in [9.17, 15) is 20.1 Å². The van der Waals surface area contributed by atoms with E-state index in [1.54, 1.807) is 0 Å². The molecule has 0 aliphatic carbocycles. The first kappa shape index (κ1) is 17.1. The van der Waals surface area contributed by atoms with E-state index in [1.165, 1.54) is 24.4 Å². The van der Waals surface area contributed by atoms with Crippen molar-refractivity contribution < 1.29 is 34.7 Å². The van der Waals surface area contributed by atoms with Gasteiger partial charge < -0.3 is 29.9 Å². The van der Waals surface area contributed by atoms with Crippen LogP contribution < -0.4 is 16.0 Å². The number of ether oxygens (including phenoxy) is 2. The number of benzene rings is 1. The molecule has 10 heteroatoms. The quantitative estimate of drug-likeness (QED) is 0.163. The first-order chi connectivity index (χ1) is 11.0. The molecule has 1 aromatic carbocycles. The monoisotopic (exact) mass is 327 g/mol. The van der Waals surface area contributed by atoms with Gasteiger partial charge in [0.2, 0.25) is 6.29 Å². The number of hydrogen-bond acceptors (Lipinski definition) is 8. The zero-order valence-corrected chi connectivity index (χ0v) is 11.9. The number of aliphatic imine (C=N–C) groups is 1. The molecule has 1 aromatic rings. The number of urea groups is 1. The summed E-state index contributed by atoms with van der Waals surface area (Å²) in [5.74, 6) is 4.56. The Bertz CT molecular complexity index is 595. The average molecular weight is 327 g/mol. The zero-order chi connectivity index (χ0) is 17.0. The fourth-order valence-corrected chi connectivity index (χ4v) is 1.97. The number of carbonyl (C=O) groups excluding carboxylic acids is 1. The second-order valence-electron chi connectivity index (χ2n) is 4.76. The van der Waals surface area contributed by atoms with E-state index in [-0.39, 0.29) is 11.5 Å². The number of carbonyl (C=O) groups is 1. The molecule has 1 saturated heterocycles. The Kier molecular flexibility index (Phi) is 5.47. The van der Waals surface area contributed by atoms with Crippen LogP contribution in [-0.4, -0.2) is 63.9 Å². The van der Waals surface area contributed by atoms with Crippen molar-refractivity contribution in [3.8, 4) is 11.5 Å². The zero-order valence-electron chi connectivity index (χ0n) is 11.9. The van der Waals surface area contributed by atoms with E-state index in [1.807, 2.05) is 5.43 Å². The van der Waals surface area contributed by atoms with Crippen molar-refractivity contribution in [1.82, 2.24) is 5.43 Å². The van der Waals surface area contributed by atoms with Crippen LogP contribution in [0.1, 0.15) is 5.56 Å². The van der Waals surface area contributed by atoms with E-state index >= 15 is 0 Å². The third-order valence-electron chi connectivity index (χ3n) is 3.18. The molecule has 4 atom stereocenters. The lowest BCUT2D eigenvalue weighted by atomic mass is 10.1. The van der Waals surface area contributed by atoms with Crippen molar-refractivity contribution in [2.75, 3.05) is 6.61 Å². The Hall–Kier alpha value is -2.24. The number of hydrogen-bond donors (Lipinski definition) is 6. The molecule has 0 saturated carbocycles. The van der Waals surface area contributed by atoms with Gasteiger partial charge in [-0.2, -0.15) is 0 Å². The Morgan fingerprint density at radius 3 is 2.74 bits per heavy atom. The second-order valence-corrected chi connectivity index (χ2v) is 4.76. The summed E-state index contributed by atoms with van der Waals surface area (Å²) in [6.45, 7) is -0.483. The molecule has 0 radical (unpaired) electrons. The Labute approximate surface area is 130 Å². The van der Waals surface area contributed by atoms with Gasteiger partial charge in [-0.3, -0.25) is 5.43 Å². The van der Waals surface area contributed by atoms with E-state index < -0.39 is 37.2 Å². The summed E-state index contributed by atoms with van der Waals surface area (Å²) in [4.78, 5) is 14.3. The Morgan fingerprint density at radius 1 is 1.43 bits per heavy atom. The highest BCUT2D eigenvalue weighted by Crippen LogP contribution is 2.31. The smallest absolute Gasteiger partial charge is 0.355 e. The molecule has 23 heavy (non-hydrogen) atoms. The number of nitrogens with zero attached hydrogens (tertiary/aromatic N) is 1. The SMILES string of the molecule is NNC(=O)/N=C/c1ccc(OC2OC(CO)C(O)C2O)c(O)c1. The van der Waals surface area contributed by atoms with Gasteiger partial charge >= 0.3 is 6.03 Å². The van der Waals surface area contributed by atoms with Gasteiger partial charge in [0.1, 0.15) is 18.3 Å². The summed E-state index contributed by atoms with van der Waals surface area (Å²) in [5.41, 5.74) is 2.22. The third-order valence-corrected chi connectivity index (χ3v) is 3.18. The van der Waals surface area contributed by atoms with Gasteiger partial charge in [0, 0.05) is 6.21 Å². The lowest BCUT2D eigenvalue weighted by Gasteiger charge is -2.17. The van der Waals surface area contributed by atoms with Crippen molar-refractivity contribution in [2.45, 2.75) is 24.6 Å². The number of aliphatic hydroxyl groups excluding tert-OH is 3. The number of rotatable bonds is 4. The molecule has 0 bridgehead atoms. The lowest BCUT2D eigenvalue weighted by molar-refractivity contribution is -0.117. The van der Waals surface area contributed by atoms with Crippen LogP contribution in [0, 0.1) is 0 Å². The predicted octanol–water partition coefficient (Wildman–Crippen LogP) is -1.79. The number of nitrogens with one attached hydrogen (secondary N) is 1. The molecule has 10 nitrogen and oxygen atoms in total. The van der Waals surface area contributed by atoms with Crippen molar-refractivity contribution in [3.63, 3.8) is 0 Å². The van der Waals surface area contributed by atoms with Crippen LogP contribution in [0.2, 0.25) is 0 Å². The normalized spacial score (nSPS) is 27.3. The molecule has 1 fully saturated rings. The first-order valence-electron chi connectivity index (χ1n) is 6.63. The summed E-state index contributed by atoms with van der Waals surface area (Å²) in [5, 5.41) is 38.3. The Balaban J connectivity index is 2.07. The number of amides is 2. The molecule has 2 rings (SSSR count).